The maximum Gasteiger partial charge on any atom is 0.188 e. The Morgan fingerprint density at radius 3 is 2.70 bits per heavy atom. The number of halogens is 1. The normalized spacial score (nSPS) is 21.4. The Morgan fingerprint density at radius 2 is 2.10 bits per heavy atom. The predicted octanol–water partition coefficient (Wildman–Crippen LogP) is 2.56. The lowest BCUT2D eigenvalue weighted by Gasteiger charge is -2.25. The summed E-state index contributed by atoms with van der Waals surface area (Å²) < 4.78 is 13.9. The van der Waals surface area contributed by atoms with Crippen LogP contribution in [0.2, 0.25) is 0 Å². The van der Waals surface area contributed by atoms with E-state index >= 15 is 0 Å². The molecule has 0 amide bonds. The molecule has 0 aliphatic heterocycles. The van der Waals surface area contributed by atoms with E-state index in [0.29, 0.717) is 12.5 Å². The second-order valence-electron chi connectivity index (χ2n) is 6.14. The summed E-state index contributed by atoms with van der Waals surface area (Å²) in [5.74, 6) is 1.13. The van der Waals surface area contributed by atoms with E-state index in [2.05, 4.69) is 10.3 Å². The van der Waals surface area contributed by atoms with Gasteiger partial charge in [-0.3, -0.25) is 4.99 Å². The van der Waals surface area contributed by atoms with Gasteiger partial charge in [-0.15, -0.1) is 0 Å². The molecule has 0 heterocycles. The van der Waals surface area contributed by atoms with Gasteiger partial charge in [-0.2, -0.15) is 0 Å². The quantitative estimate of drug-likeness (QED) is 0.641. The van der Waals surface area contributed by atoms with Crippen molar-refractivity contribution < 1.29 is 4.39 Å². The molecular weight excluding hydrogens is 253 g/mol. The predicted molar refractivity (Wildman–Crippen MR) is 79.1 cm³/mol. The summed E-state index contributed by atoms with van der Waals surface area (Å²) >= 11 is 0. The summed E-state index contributed by atoms with van der Waals surface area (Å²) in [6.07, 6.45) is 5.90. The molecule has 2 saturated carbocycles. The van der Waals surface area contributed by atoms with Crippen LogP contribution in [-0.4, -0.2) is 19.0 Å². The average Bonchev–Trinajstić information content (AvgIpc) is 3.16. The average molecular weight is 275 g/mol. The van der Waals surface area contributed by atoms with E-state index in [1.54, 1.807) is 6.07 Å². The van der Waals surface area contributed by atoms with E-state index < -0.39 is 0 Å². The molecule has 3 rings (SSSR count). The van der Waals surface area contributed by atoms with Crippen molar-refractivity contribution in [1.82, 2.24) is 5.32 Å². The first-order valence-corrected chi connectivity index (χ1v) is 7.48. The van der Waals surface area contributed by atoms with Gasteiger partial charge in [0.05, 0.1) is 6.54 Å². The highest BCUT2D eigenvalue weighted by Gasteiger charge is 2.45. The number of guanidine groups is 1. The van der Waals surface area contributed by atoms with E-state index in [4.69, 9.17) is 5.73 Å². The Bertz CT molecular complexity index is 504. The standard InChI is InChI=1S/C16H22FN3/c17-14-7-2-1-6-13(14)16(8-9-16)11-20-15(18)19-10-12-4-3-5-12/h1-2,6-7,12H,3-5,8-11H2,(H3,18,19,20). The van der Waals surface area contributed by atoms with Crippen molar-refractivity contribution in [2.75, 3.05) is 13.1 Å². The minimum atomic E-state index is -0.124. The van der Waals surface area contributed by atoms with Crippen LogP contribution in [0.15, 0.2) is 29.3 Å². The zero-order chi connectivity index (χ0) is 14.0. The summed E-state index contributed by atoms with van der Waals surface area (Å²) in [4.78, 5) is 4.42. The Hall–Kier alpha value is -1.58. The lowest BCUT2D eigenvalue weighted by atomic mass is 9.85. The highest BCUT2D eigenvalue weighted by Crippen LogP contribution is 2.49. The van der Waals surface area contributed by atoms with Gasteiger partial charge in [0, 0.05) is 12.0 Å². The molecule has 3 nitrogen and oxygen atoms in total. The molecule has 0 spiro atoms. The molecule has 108 valence electrons. The van der Waals surface area contributed by atoms with Crippen molar-refractivity contribution in [1.29, 1.82) is 0 Å². The van der Waals surface area contributed by atoms with E-state index in [1.165, 1.54) is 25.3 Å². The Morgan fingerprint density at radius 1 is 1.35 bits per heavy atom. The molecule has 0 atom stereocenters. The molecule has 3 N–H and O–H groups in total. The molecule has 1 aromatic carbocycles. The maximum atomic E-state index is 13.9. The lowest BCUT2D eigenvalue weighted by Crippen LogP contribution is -2.37. The Kier molecular flexibility index (Phi) is 3.64. The number of aliphatic imine (C=N–C) groups is 1. The van der Waals surface area contributed by atoms with Crippen LogP contribution in [0.25, 0.3) is 0 Å². The summed E-state index contributed by atoms with van der Waals surface area (Å²) in [5, 5.41) is 3.19. The SMILES string of the molecule is NC(=NCC1(c2ccccc2F)CC1)NCC1CCC1. The fourth-order valence-electron chi connectivity index (χ4n) is 2.79. The molecule has 2 aliphatic carbocycles. The smallest absolute Gasteiger partial charge is 0.188 e. The minimum Gasteiger partial charge on any atom is -0.370 e. The molecule has 0 aromatic heterocycles. The van der Waals surface area contributed by atoms with Crippen LogP contribution in [0.3, 0.4) is 0 Å². The van der Waals surface area contributed by atoms with E-state index in [0.717, 1.165) is 30.9 Å². The summed E-state index contributed by atoms with van der Waals surface area (Å²) in [7, 11) is 0. The van der Waals surface area contributed by atoms with Gasteiger partial charge in [0.15, 0.2) is 5.96 Å². The van der Waals surface area contributed by atoms with Crippen LogP contribution < -0.4 is 11.1 Å². The zero-order valence-electron chi connectivity index (χ0n) is 11.7. The molecule has 2 fully saturated rings. The molecule has 0 saturated heterocycles. The summed E-state index contributed by atoms with van der Waals surface area (Å²) in [6.45, 7) is 1.50. The lowest BCUT2D eigenvalue weighted by molar-refractivity contribution is 0.315. The van der Waals surface area contributed by atoms with Gasteiger partial charge in [0.25, 0.3) is 0 Å². The van der Waals surface area contributed by atoms with Crippen molar-refractivity contribution in [2.45, 2.75) is 37.5 Å². The maximum absolute atomic E-state index is 13.9. The van der Waals surface area contributed by atoms with Crippen LogP contribution in [0.1, 0.15) is 37.7 Å². The summed E-state index contributed by atoms with van der Waals surface area (Å²) in [6, 6.07) is 7.01. The van der Waals surface area contributed by atoms with E-state index in [-0.39, 0.29) is 11.2 Å². The van der Waals surface area contributed by atoms with Gasteiger partial charge in [0.1, 0.15) is 5.82 Å². The first-order chi connectivity index (χ1) is 9.70. The second-order valence-corrected chi connectivity index (χ2v) is 6.14. The van der Waals surface area contributed by atoms with Gasteiger partial charge in [-0.25, -0.2) is 4.39 Å². The topological polar surface area (TPSA) is 50.4 Å². The molecule has 0 bridgehead atoms. The van der Waals surface area contributed by atoms with Crippen molar-refractivity contribution in [2.24, 2.45) is 16.6 Å². The number of rotatable bonds is 5. The van der Waals surface area contributed by atoms with Crippen molar-refractivity contribution in [3.05, 3.63) is 35.6 Å². The zero-order valence-corrected chi connectivity index (χ0v) is 11.7. The van der Waals surface area contributed by atoms with Gasteiger partial charge in [-0.1, -0.05) is 24.6 Å². The van der Waals surface area contributed by atoms with Gasteiger partial charge in [-0.05, 0) is 43.2 Å². The number of nitrogens with one attached hydrogen (secondary N) is 1. The van der Waals surface area contributed by atoms with Gasteiger partial charge < -0.3 is 11.1 Å². The van der Waals surface area contributed by atoms with Crippen molar-refractivity contribution in [3.63, 3.8) is 0 Å². The van der Waals surface area contributed by atoms with Crippen molar-refractivity contribution >= 4 is 5.96 Å². The van der Waals surface area contributed by atoms with E-state index in [1.807, 2.05) is 12.1 Å². The number of nitrogens with two attached hydrogens (primary N) is 1. The summed E-state index contributed by atoms with van der Waals surface area (Å²) in [5.41, 5.74) is 6.57. The minimum absolute atomic E-state index is 0.117. The van der Waals surface area contributed by atoms with Crippen LogP contribution in [0.4, 0.5) is 4.39 Å². The first-order valence-electron chi connectivity index (χ1n) is 7.48. The number of nitrogens with zero attached hydrogens (tertiary/aromatic N) is 1. The highest BCUT2D eigenvalue weighted by molar-refractivity contribution is 5.77. The number of benzene rings is 1. The van der Waals surface area contributed by atoms with Crippen molar-refractivity contribution in [3.8, 4) is 0 Å². The molecule has 0 radical (unpaired) electrons. The molecule has 2 aliphatic rings. The fraction of sp³-hybridized carbons (Fsp3) is 0.562. The third kappa shape index (κ3) is 2.79. The van der Waals surface area contributed by atoms with Crippen LogP contribution >= 0.6 is 0 Å². The van der Waals surface area contributed by atoms with E-state index in [9.17, 15) is 4.39 Å². The first kappa shape index (κ1) is 13.4. The van der Waals surface area contributed by atoms with Gasteiger partial charge >= 0.3 is 0 Å². The van der Waals surface area contributed by atoms with Crippen LogP contribution in [-0.2, 0) is 5.41 Å². The molecular formula is C16H22FN3. The molecule has 20 heavy (non-hydrogen) atoms. The Balaban J connectivity index is 1.58. The third-order valence-corrected chi connectivity index (χ3v) is 4.65. The Labute approximate surface area is 119 Å². The fourth-order valence-corrected chi connectivity index (χ4v) is 2.79. The van der Waals surface area contributed by atoms with Crippen LogP contribution in [0.5, 0.6) is 0 Å². The highest BCUT2D eigenvalue weighted by atomic mass is 19.1. The van der Waals surface area contributed by atoms with Crippen LogP contribution in [0, 0.1) is 11.7 Å². The number of hydrogen-bond donors (Lipinski definition) is 2. The largest absolute Gasteiger partial charge is 0.370 e. The molecule has 0 unspecified atom stereocenters. The molecule has 1 aromatic rings. The number of hydrogen-bond acceptors (Lipinski definition) is 1. The van der Waals surface area contributed by atoms with Gasteiger partial charge in [0.2, 0.25) is 0 Å². The monoisotopic (exact) mass is 275 g/mol. The third-order valence-electron chi connectivity index (χ3n) is 4.65. The second kappa shape index (κ2) is 5.43. The molecule has 4 heteroatoms.